The van der Waals surface area contributed by atoms with Gasteiger partial charge < -0.3 is 9.64 Å². The van der Waals surface area contributed by atoms with Crippen LogP contribution >= 0.6 is 0 Å². The van der Waals surface area contributed by atoms with E-state index in [0.29, 0.717) is 11.1 Å². The fraction of sp³-hybridized carbons (Fsp3) is 0.176. The summed E-state index contributed by atoms with van der Waals surface area (Å²) in [6.45, 7) is 1.44. The zero-order chi connectivity index (χ0) is 15.4. The van der Waals surface area contributed by atoms with Crippen molar-refractivity contribution in [3.8, 4) is 5.75 Å². The lowest BCUT2D eigenvalue weighted by Crippen LogP contribution is -2.12. The number of esters is 1. The van der Waals surface area contributed by atoms with Crippen LogP contribution in [-0.2, 0) is 0 Å². The monoisotopic (exact) mass is 283 g/mol. The molecule has 2 aromatic carbocycles. The molecule has 2 rings (SSSR count). The standard InChI is InChI=1S/C17H17NO3/c1-12(19)15-6-4-5-7-16(15)21-17(20)13-8-10-14(11-9-13)18(2)3/h4-11H,1-3H3. The maximum absolute atomic E-state index is 12.1. The molecule has 0 saturated heterocycles. The number of rotatable bonds is 4. The molecule has 0 radical (unpaired) electrons. The molecule has 0 unspecified atom stereocenters. The summed E-state index contributed by atoms with van der Waals surface area (Å²) >= 11 is 0. The van der Waals surface area contributed by atoms with E-state index in [0.717, 1.165) is 5.69 Å². The molecule has 0 aromatic heterocycles. The van der Waals surface area contributed by atoms with Gasteiger partial charge in [0.05, 0.1) is 11.1 Å². The van der Waals surface area contributed by atoms with Crippen LogP contribution in [0.25, 0.3) is 0 Å². The highest BCUT2D eigenvalue weighted by Crippen LogP contribution is 2.20. The lowest BCUT2D eigenvalue weighted by molar-refractivity contribution is 0.0733. The van der Waals surface area contributed by atoms with Crippen molar-refractivity contribution in [2.45, 2.75) is 6.92 Å². The Hall–Kier alpha value is -2.62. The summed E-state index contributed by atoms with van der Waals surface area (Å²) in [5.74, 6) is -0.331. The van der Waals surface area contributed by atoms with Gasteiger partial charge in [0.1, 0.15) is 5.75 Å². The molecule has 108 valence electrons. The molecular formula is C17H17NO3. The Morgan fingerprint density at radius 3 is 2.14 bits per heavy atom. The maximum Gasteiger partial charge on any atom is 0.343 e. The second-order valence-corrected chi connectivity index (χ2v) is 4.88. The zero-order valence-electron chi connectivity index (χ0n) is 12.3. The van der Waals surface area contributed by atoms with E-state index in [2.05, 4.69) is 0 Å². The van der Waals surface area contributed by atoms with Gasteiger partial charge in [-0.25, -0.2) is 4.79 Å². The molecule has 0 fully saturated rings. The first kappa shape index (κ1) is 14.8. The van der Waals surface area contributed by atoms with Crippen molar-refractivity contribution in [3.05, 3.63) is 59.7 Å². The summed E-state index contributed by atoms with van der Waals surface area (Å²) in [5.41, 5.74) is 1.84. The van der Waals surface area contributed by atoms with E-state index in [1.807, 2.05) is 31.1 Å². The van der Waals surface area contributed by atoms with Gasteiger partial charge in [0.15, 0.2) is 5.78 Å². The molecule has 0 atom stereocenters. The van der Waals surface area contributed by atoms with Crippen LogP contribution in [0.3, 0.4) is 0 Å². The van der Waals surface area contributed by atoms with Crippen molar-refractivity contribution in [2.24, 2.45) is 0 Å². The van der Waals surface area contributed by atoms with Crippen LogP contribution in [0.2, 0.25) is 0 Å². The molecule has 0 aliphatic heterocycles. The molecule has 0 N–H and O–H groups in total. The van der Waals surface area contributed by atoms with Gasteiger partial charge in [-0.3, -0.25) is 4.79 Å². The Labute approximate surface area is 124 Å². The SMILES string of the molecule is CC(=O)c1ccccc1OC(=O)c1ccc(N(C)C)cc1. The lowest BCUT2D eigenvalue weighted by atomic mass is 10.1. The smallest absolute Gasteiger partial charge is 0.343 e. The Kier molecular flexibility index (Phi) is 4.38. The van der Waals surface area contributed by atoms with E-state index in [4.69, 9.17) is 4.74 Å². The van der Waals surface area contributed by atoms with Crippen LogP contribution in [0, 0.1) is 0 Å². The minimum absolute atomic E-state index is 0.138. The van der Waals surface area contributed by atoms with Crippen molar-refractivity contribution in [3.63, 3.8) is 0 Å². The second-order valence-electron chi connectivity index (χ2n) is 4.88. The molecule has 0 bridgehead atoms. The molecule has 4 heteroatoms. The quantitative estimate of drug-likeness (QED) is 0.491. The van der Waals surface area contributed by atoms with Gasteiger partial charge in [0.2, 0.25) is 0 Å². The number of hydrogen-bond acceptors (Lipinski definition) is 4. The Morgan fingerprint density at radius 2 is 1.57 bits per heavy atom. The van der Waals surface area contributed by atoms with E-state index < -0.39 is 5.97 Å². The number of ether oxygens (including phenoxy) is 1. The van der Waals surface area contributed by atoms with Crippen molar-refractivity contribution < 1.29 is 14.3 Å². The summed E-state index contributed by atoms with van der Waals surface area (Å²) < 4.78 is 5.32. The fourth-order valence-corrected chi connectivity index (χ4v) is 1.90. The number of ketones is 1. The van der Waals surface area contributed by atoms with Gasteiger partial charge in [-0.05, 0) is 43.3 Å². The summed E-state index contributed by atoms with van der Waals surface area (Å²) in [5, 5.41) is 0. The minimum atomic E-state index is -0.478. The second kappa shape index (κ2) is 6.22. The largest absolute Gasteiger partial charge is 0.422 e. The van der Waals surface area contributed by atoms with Gasteiger partial charge in [-0.15, -0.1) is 0 Å². The number of benzene rings is 2. The highest BCUT2D eigenvalue weighted by Gasteiger charge is 2.13. The lowest BCUT2D eigenvalue weighted by Gasteiger charge is -2.12. The van der Waals surface area contributed by atoms with Crippen LogP contribution in [0.4, 0.5) is 5.69 Å². The Morgan fingerprint density at radius 1 is 0.952 bits per heavy atom. The molecule has 0 saturated carbocycles. The van der Waals surface area contributed by atoms with Gasteiger partial charge in [-0.2, -0.15) is 0 Å². The first-order valence-electron chi connectivity index (χ1n) is 6.58. The average molecular weight is 283 g/mol. The number of anilines is 1. The van der Waals surface area contributed by atoms with Gasteiger partial charge >= 0.3 is 5.97 Å². The number of nitrogens with zero attached hydrogens (tertiary/aromatic N) is 1. The summed E-state index contributed by atoms with van der Waals surface area (Å²) in [4.78, 5) is 25.6. The average Bonchev–Trinajstić information content (AvgIpc) is 2.47. The third-order valence-corrected chi connectivity index (χ3v) is 3.09. The fourth-order valence-electron chi connectivity index (χ4n) is 1.90. The molecule has 0 amide bonds. The number of para-hydroxylation sites is 1. The number of hydrogen-bond donors (Lipinski definition) is 0. The van der Waals surface area contributed by atoms with Crippen LogP contribution in [0.1, 0.15) is 27.6 Å². The van der Waals surface area contributed by atoms with E-state index >= 15 is 0 Å². The Bertz CT molecular complexity index is 660. The number of carbonyl (C=O) groups is 2. The van der Waals surface area contributed by atoms with Crippen molar-refractivity contribution in [2.75, 3.05) is 19.0 Å². The summed E-state index contributed by atoms with van der Waals surface area (Å²) in [7, 11) is 3.85. The van der Waals surface area contributed by atoms with Gasteiger partial charge in [0.25, 0.3) is 0 Å². The summed E-state index contributed by atoms with van der Waals surface area (Å²) in [6, 6.07) is 13.8. The van der Waals surface area contributed by atoms with Gasteiger partial charge in [-0.1, -0.05) is 12.1 Å². The van der Waals surface area contributed by atoms with Gasteiger partial charge in [0, 0.05) is 19.8 Å². The Balaban J connectivity index is 2.20. The van der Waals surface area contributed by atoms with Crippen LogP contribution in [0.5, 0.6) is 5.75 Å². The van der Waals surface area contributed by atoms with Crippen molar-refractivity contribution in [1.82, 2.24) is 0 Å². The predicted octanol–water partition coefficient (Wildman–Crippen LogP) is 3.17. The molecule has 2 aromatic rings. The predicted molar refractivity (Wildman–Crippen MR) is 82.2 cm³/mol. The molecule has 4 nitrogen and oxygen atoms in total. The van der Waals surface area contributed by atoms with E-state index in [1.165, 1.54) is 6.92 Å². The third kappa shape index (κ3) is 3.48. The number of carbonyl (C=O) groups excluding carboxylic acids is 2. The van der Waals surface area contributed by atoms with E-state index in [9.17, 15) is 9.59 Å². The normalized spacial score (nSPS) is 10.0. The molecule has 21 heavy (non-hydrogen) atoms. The van der Waals surface area contributed by atoms with Crippen molar-refractivity contribution in [1.29, 1.82) is 0 Å². The highest BCUT2D eigenvalue weighted by molar-refractivity contribution is 5.99. The van der Waals surface area contributed by atoms with Crippen LogP contribution < -0.4 is 9.64 Å². The first-order valence-corrected chi connectivity index (χ1v) is 6.58. The topological polar surface area (TPSA) is 46.6 Å². The third-order valence-electron chi connectivity index (χ3n) is 3.09. The number of Topliss-reactive ketones (excluding diaryl/α,β-unsaturated/α-hetero) is 1. The molecular weight excluding hydrogens is 266 g/mol. The minimum Gasteiger partial charge on any atom is -0.422 e. The zero-order valence-corrected chi connectivity index (χ0v) is 12.3. The van der Waals surface area contributed by atoms with Crippen LogP contribution in [0.15, 0.2) is 48.5 Å². The molecule has 0 heterocycles. The molecule has 0 aliphatic rings. The van der Waals surface area contributed by atoms with Crippen molar-refractivity contribution >= 4 is 17.4 Å². The highest BCUT2D eigenvalue weighted by atomic mass is 16.5. The van der Waals surface area contributed by atoms with E-state index in [-0.39, 0.29) is 11.5 Å². The first-order chi connectivity index (χ1) is 9.99. The molecule has 0 aliphatic carbocycles. The van der Waals surface area contributed by atoms with Crippen LogP contribution in [-0.4, -0.2) is 25.8 Å². The maximum atomic E-state index is 12.1. The van der Waals surface area contributed by atoms with E-state index in [1.54, 1.807) is 36.4 Å². The molecule has 0 spiro atoms. The summed E-state index contributed by atoms with van der Waals surface area (Å²) in [6.07, 6.45) is 0.